The Hall–Kier alpha value is -6.94. The first-order valence-electron chi connectivity index (χ1n) is 22.2. The second-order valence-corrected chi connectivity index (χ2v) is 15.2. The van der Waals surface area contributed by atoms with Crippen LogP contribution in [0.25, 0.3) is 0 Å². The molecule has 0 heterocycles. The number of carbonyl (C=O) groups is 4. The molecule has 0 atom stereocenters. The van der Waals surface area contributed by atoms with Crippen molar-refractivity contribution >= 4 is 23.9 Å². The van der Waals surface area contributed by atoms with Gasteiger partial charge < -0.3 is 28.4 Å². The van der Waals surface area contributed by atoms with E-state index in [1.165, 1.54) is 106 Å². The predicted molar refractivity (Wildman–Crippen MR) is 248 cm³/mol. The van der Waals surface area contributed by atoms with Crippen molar-refractivity contribution in [3.8, 4) is 34.5 Å². The quantitative estimate of drug-likeness (QED) is 0.0208. The van der Waals surface area contributed by atoms with Crippen molar-refractivity contribution in [3.63, 3.8) is 0 Å². The van der Waals surface area contributed by atoms with Crippen LogP contribution >= 0.6 is 0 Å². The minimum atomic E-state index is -0.665. The van der Waals surface area contributed by atoms with Gasteiger partial charge in [-0.25, -0.2) is 19.2 Å². The van der Waals surface area contributed by atoms with E-state index in [0.717, 1.165) is 38.5 Å². The van der Waals surface area contributed by atoms with Gasteiger partial charge in [0.05, 0.1) is 35.5 Å². The van der Waals surface area contributed by atoms with Gasteiger partial charge in [-0.15, -0.1) is 13.2 Å². The Kier molecular flexibility index (Phi) is 20.4. The minimum Gasteiger partial charge on any atom is -0.494 e. The fraction of sp³-hybridized carbons (Fsp3) is 0.296. The van der Waals surface area contributed by atoms with E-state index in [9.17, 15) is 19.2 Å². The molecule has 0 saturated carbocycles. The smallest absolute Gasteiger partial charge is 0.343 e. The molecule has 64 heavy (non-hydrogen) atoms. The molecule has 0 spiro atoms. The van der Waals surface area contributed by atoms with E-state index in [0.29, 0.717) is 35.8 Å². The molecular formula is C54H58O10. The first kappa shape index (κ1) is 48.1. The zero-order valence-corrected chi connectivity index (χ0v) is 36.5. The van der Waals surface area contributed by atoms with E-state index in [1.54, 1.807) is 66.7 Å². The van der Waals surface area contributed by atoms with Crippen LogP contribution in [0.15, 0.2) is 147 Å². The van der Waals surface area contributed by atoms with E-state index in [-0.39, 0.29) is 34.1 Å². The Labute approximate surface area is 376 Å². The summed E-state index contributed by atoms with van der Waals surface area (Å²) in [6.45, 7) is 8.75. The van der Waals surface area contributed by atoms with Gasteiger partial charge in [-0.3, -0.25) is 0 Å². The highest BCUT2D eigenvalue weighted by atomic mass is 16.6. The number of benzene rings is 5. The lowest BCUT2D eigenvalue weighted by Gasteiger charge is -2.09. The van der Waals surface area contributed by atoms with Crippen LogP contribution in [0.2, 0.25) is 0 Å². The van der Waals surface area contributed by atoms with Crippen LogP contribution in [0.1, 0.15) is 131 Å². The molecule has 0 radical (unpaired) electrons. The fourth-order valence-corrected chi connectivity index (χ4v) is 6.53. The third-order valence-electron chi connectivity index (χ3n) is 10.2. The molecule has 0 bridgehead atoms. The number of rotatable bonds is 28. The van der Waals surface area contributed by atoms with Crippen LogP contribution in [-0.4, -0.2) is 37.1 Å². The molecule has 0 aliphatic rings. The number of hydrogen-bond acceptors (Lipinski definition) is 10. The number of hydrogen-bond donors (Lipinski definition) is 0. The lowest BCUT2D eigenvalue weighted by atomic mass is 10.1. The van der Waals surface area contributed by atoms with Crippen molar-refractivity contribution in [2.75, 3.05) is 13.2 Å². The largest absolute Gasteiger partial charge is 0.494 e. The molecule has 10 heteroatoms. The second kappa shape index (κ2) is 27.2. The van der Waals surface area contributed by atoms with E-state index < -0.39 is 23.9 Å². The number of unbranched alkanes of at least 4 members (excludes halogenated alkanes) is 12. The first-order valence-corrected chi connectivity index (χ1v) is 22.2. The maximum absolute atomic E-state index is 12.9. The van der Waals surface area contributed by atoms with Crippen LogP contribution in [0.5, 0.6) is 34.5 Å². The maximum Gasteiger partial charge on any atom is 0.343 e. The Morgan fingerprint density at radius 2 is 0.625 bits per heavy atom. The van der Waals surface area contributed by atoms with Crippen LogP contribution in [0, 0.1) is 0 Å². The highest BCUT2D eigenvalue weighted by Gasteiger charge is 2.15. The third-order valence-corrected chi connectivity index (χ3v) is 10.2. The molecule has 5 aromatic rings. The summed E-state index contributed by atoms with van der Waals surface area (Å²) in [4.78, 5) is 51.4. The van der Waals surface area contributed by atoms with Gasteiger partial charge in [0.15, 0.2) is 0 Å². The zero-order chi connectivity index (χ0) is 45.2. The van der Waals surface area contributed by atoms with Gasteiger partial charge >= 0.3 is 23.9 Å². The molecule has 0 N–H and O–H groups in total. The van der Waals surface area contributed by atoms with Gasteiger partial charge in [-0.1, -0.05) is 69.6 Å². The summed E-state index contributed by atoms with van der Waals surface area (Å²) < 4.78 is 33.7. The molecule has 0 unspecified atom stereocenters. The normalized spacial score (nSPS) is 10.6. The molecule has 334 valence electrons. The highest BCUT2D eigenvalue weighted by Crippen LogP contribution is 2.24. The Morgan fingerprint density at radius 1 is 0.344 bits per heavy atom. The van der Waals surface area contributed by atoms with Crippen molar-refractivity contribution in [1.29, 1.82) is 0 Å². The van der Waals surface area contributed by atoms with Crippen molar-refractivity contribution < 1.29 is 47.6 Å². The molecule has 0 aliphatic heterocycles. The monoisotopic (exact) mass is 866 g/mol. The van der Waals surface area contributed by atoms with Gasteiger partial charge in [-0.05, 0) is 148 Å². The highest BCUT2D eigenvalue weighted by molar-refractivity contribution is 5.94. The summed E-state index contributed by atoms with van der Waals surface area (Å²) in [5, 5.41) is 0. The summed E-state index contributed by atoms with van der Waals surface area (Å²) in [5.74, 6) is -0.242. The van der Waals surface area contributed by atoms with Crippen LogP contribution in [-0.2, 0) is 0 Å². The van der Waals surface area contributed by atoms with E-state index >= 15 is 0 Å². The lowest BCUT2D eigenvalue weighted by Crippen LogP contribution is -2.11. The molecular weight excluding hydrogens is 809 g/mol. The van der Waals surface area contributed by atoms with Crippen LogP contribution in [0.4, 0.5) is 0 Å². The average molecular weight is 867 g/mol. The van der Waals surface area contributed by atoms with E-state index in [1.807, 2.05) is 12.2 Å². The Bertz CT molecular complexity index is 2070. The molecule has 0 fully saturated rings. The summed E-state index contributed by atoms with van der Waals surface area (Å²) in [6.07, 6.45) is 20.0. The third kappa shape index (κ3) is 17.1. The maximum atomic E-state index is 12.9. The van der Waals surface area contributed by atoms with Crippen molar-refractivity contribution in [2.45, 2.75) is 89.9 Å². The van der Waals surface area contributed by atoms with Gasteiger partial charge in [0.1, 0.15) is 34.5 Å². The molecule has 0 saturated heterocycles. The van der Waals surface area contributed by atoms with Crippen molar-refractivity contribution in [2.24, 2.45) is 0 Å². The van der Waals surface area contributed by atoms with Gasteiger partial charge in [0, 0.05) is 6.07 Å². The minimum absolute atomic E-state index is 0.149. The predicted octanol–water partition coefficient (Wildman–Crippen LogP) is 13.2. The standard InChI is InChI=1S/C54H58O10/c1-3-5-7-9-11-13-15-17-38-59-45-30-22-41(23-31-45)51(55)61-47-34-26-43(27-35-47)53(57)63-49-20-19-21-50(40-49)64-54(58)44-28-36-48(37-29-44)62-52(56)42-24-32-46(33-25-42)60-39-18-16-14-12-10-8-6-4-2/h3-4,19-37,40H,1-2,5-18,38-39H2. The molecule has 5 rings (SSSR count). The molecule has 0 amide bonds. The number of ether oxygens (including phenoxy) is 6. The first-order chi connectivity index (χ1) is 31.3. The lowest BCUT2D eigenvalue weighted by molar-refractivity contribution is 0.0723. The summed E-state index contributed by atoms with van der Waals surface area (Å²) >= 11 is 0. The molecule has 5 aromatic carbocycles. The van der Waals surface area contributed by atoms with Crippen molar-refractivity contribution in [3.05, 3.63) is 169 Å². The topological polar surface area (TPSA) is 124 Å². The molecule has 0 aliphatic carbocycles. The number of carbonyl (C=O) groups excluding carboxylic acids is 4. The molecule has 10 nitrogen and oxygen atoms in total. The van der Waals surface area contributed by atoms with Gasteiger partial charge in [-0.2, -0.15) is 0 Å². The van der Waals surface area contributed by atoms with Gasteiger partial charge in [0.25, 0.3) is 0 Å². The summed E-state index contributed by atoms with van der Waals surface area (Å²) in [7, 11) is 0. The van der Waals surface area contributed by atoms with Crippen LogP contribution < -0.4 is 28.4 Å². The fourth-order valence-electron chi connectivity index (χ4n) is 6.53. The number of esters is 4. The van der Waals surface area contributed by atoms with Crippen molar-refractivity contribution in [1.82, 2.24) is 0 Å². The zero-order valence-electron chi connectivity index (χ0n) is 36.5. The Balaban J connectivity index is 1.00. The number of allylic oxidation sites excluding steroid dienone is 2. The van der Waals surface area contributed by atoms with Crippen LogP contribution in [0.3, 0.4) is 0 Å². The summed E-state index contributed by atoms with van der Waals surface area (Å²) in [5.41, 5.74) is 1.15. The average Bonchev–Trinajstić information content (AvgIpc) is 3.31. The van der Waals surface area contributed by atoms with Gasteiger partial charge in [0.2, 0.25) is 0 Å². The molecule has 0 aromatic heterocycles. The SMILES string of the molecule is C=CCCCCCCCCOc1ccc(C(=O)Oc2ccc(C(=O)Oc3cccc(OC(=O)c4ccc(OC(=O)c5ccc(OCCCCCCCCC=C)cc5)cc4)c3)cc2)cc1. The summed E-state index contributed by atoms with van der Waals surface area (Å²) in [6, 6.07) is 31.6. The van der Waals surface area contributed by atoms with E-state index in [2.05, 4.69) is 13.2 Å². The Morgan fingerprint density at radius 3 is 0.953 bits per heavy atom. The van der Waals surface area contributed by atoms with E-state index in [4.69, 9.17) is 28.4 Å². The second-order valence-electron chi connectivity index (χ2n) is 15.2.